The zero-order valence-electron chi connectivity index (χ0n) is 23.6. The number of amides is 4. The third-order valence-corrected chi connectivity index (χ3v) is 8.51. The molecule has 1 saturated heterocycles. The number of likely N-dealkylation sites (tertiary alicyclic amines) is 1. The van der Waals surface area contributed by atoms with Crippen molar-refractivity contribution in [2.75, 3.05) is 25.0 Å². The smallest absolute Gasteiger partial charge is 0.322 e. The number of fused-ring (bicyclic) bond motifs is 4. The molecule has 3 aromatic rings. The number of hydrogen-bond donors (Lipinski definition) is 2. The lowest BCUT2D eigenvalue weighted by atomic mass is 9.91. The van der Waals surface area contributed by atoms with Crippen LogP contribution >= 0.6 is 0 Å². The lowest BCUT2D eigenvalue weighted by Gasteiger charge is -2.41. The maximum absolute atomic E-state index is 13.9. The molecule has 9 heteroatoms. The number of hydrogen-bond acceptors (Lipinski definition) is 4. The fourth-order valence-corrected chi connectivity index (χ4v) is 6.53. The Kier molecular flexibility index (Phi) is 6.76. The molecule has 40 heavy (non-hydrogen) atoms. The number of anilines is 1. The molecule has 9 nitrogen and oxygen atoms in total. The van der Waals surface area contributed by atoms with Crippen molar-refractivity contribution in [2.24, 2.45) is 11.3 Å². The van der Waals surface area contributed by atoms with Gasteiger partial charge in [0, 0.05) is 56.3 Å². The highest BCUT2D eigenvalue weighted by Crippen LogP contribution is 2.33. The predicted molar refractivity (Wildman–Crippen MR) is 153 cm³/mol. The summed E-state index contributed by atoms with van der Waals surface area (Å²) >= 11 is 0. The molecule has 0 spiro atoms. The molecule has 3 aliphatic heterocycles. The summed E-state index contributed by atoms with van der Waals surface area (Å²) in [6, 6.07) is 12.0. The Bertz CT molecular complexity index is 1450. The van der Waals surface area contributed by atoms with Crippen molar-refractivity contribution in [3.63, 3.8) is 0 Å². The SMILES string of the molecule is CC(C)(C)CN1Cc2c(ccc3[nH]ncc23)C[C@@H](CC(=O)N2CCC(N3Cc4ccccc4NC3=O)CC2)C1=O. The van der Waals surface area contributed by atoms with Gasteiger partial charge in [0.05, 0.1) is 17.6 Å². The average molecular weight is 543 g/mol. The van der Waals surface area contributed by atoms with Gasteiger partial charge in [-0.1, -0.05) is 45.0 Å². The first-order valence-corrected chi connectivity index (χ1v) is 14.3. The summed E-state index contributed by atoms with van der Waals surface area (Å²) in [4.78, 5) is 45.9. The molecule has 2 aromatic carbocycles. The van der Waals surface area contributed by atoms with Gasteiger partial charge in [0.2, 0.25) is 11.8 Å². The maximum atomic E-state index is 13.9. The van der Waals surface area contributed by atoms with Crippen molar-refractivity contribution in [3.8, 4) is 0 Å². The van der Waals surface area contributed by atoms with E-state index < -0.39 is 5.92 Å². The molecule has 0 bridgehead atoms. The molecule has 0 aliphatic carbocycles. The minimum absolute atomic E-state index is 0.0220. The molecular weight excluding hydrogens is 504 g/mol. The van der Waals surface area contributed by atoms with E-state index in [-0.39, 0.29) is 35.7 Å². The Hall–Kier alpha value is -3.88. The number of urea groups is 1. The van der Waals surface area contributed by atoms with Crippen molar-refractivity contribution >= 4 is 34.4 Å². The first-order valence-electron chi connectivity index (χ1n) is 14.3. The molecule has 4 heterocycles. The van der Waals surface area contributed by atoms with Gasteiger partial charge < -0.3 is 20.0 Å². The van der Waals surface area contributed by atoms with Gasteiger partial charge in [0.1, 0.15) is 0 Å². The van der Waals surface area contributed by atoms with Crippen LogP contribution in [0, 0.1) is 11.3 Å². The molecule has 0 radical (unpaired) electrons. The largest absolute Gasteiger partial charge is 0.343 e. The number of aromatic nitrogens is 2. The number of benzene rings is 2. The van der Waals surface area contributed by atoms with Gasteiger partial charge in [-0.2, -0.15) is 5.10 Å². The van der Waals surface area contributed by atoms with Crippen LogP contribution in [-0.4, -0.2) is 68.4 Å². The van der Waals surface area contributed by atoms with E-state index in [0.29, 0.717) is 39.1 Å². The van der Waals surface area contributed by atoms with Crippen LogP contribution < -0.4 is 5.32 Å². The normalized spacial score (nSPS) is 20.3. The second-order valence-corrected chi connectivity index (χ2v) is 12.7. The number of piperidine rings is 1. The van der Waals surface area contributed by atoms with Crippen molar-refractivity contribution in [1.29, 1.82) is 0 Å². The van der Waals surface area contributed by atoms with Crippen LogP contribution in [0.15, 0.2) is 42.6 Å². The predicted octanol–water partition coefficient (Wildman–Crippen LogP) is 4.54. The molecule has 0 saturated carbocycles. The van der Waals surface area contributed by atoms with Crippen LogP contribution in [0.5, 0.6) is 0 Å². The van der Waals surface area contributed by atoms with Crippen LogP contribution in [0.2, 0.25) is 0 Å². The van der Waals surface area contributed by atoms with Crippen LogP contribution in [0.3, 0.4) is 0 Å². The molecule has 3 aliphatic rings. The van der Waals surface area contributed by atoms with E-state index in [1.165, 1.54) is 0 Å². The van der Waals surface area contributed by atoms with Crippen LogP contribution in [0.25, 0.3) is 10.9 Å². The molecule has 210 valence electrons. The van der Waals surface area contributed by atoms with Crippen LogP contribution in [-0.2, 0) is 29.1 Å². The van der Waals surface area contributed by atoms with E-state index in [1.807, 2.05) is 51.2 Å². The lowest BCUT2D eigenvalue weighted by molar-refractivity contribution is -0.142. The molecular formula is C31H38N6O3. The van der Waals surface area contributed by atoms with Gasteiger partial charge in [-0.05, 0) is 53.5 Å². The van der Waals surface area contributed by atoms with Crippen molar-refractivity contribution in [3.05, 3.63) is 59.3 Å². The van der Waals surface area contributed by atoms with Gasteiger partial charge in [0.25, 0.3) is 0 Å². The third-order valence-electron chi connectivity index (χ3n) is 8.51. The minimum Gasteiger partial charge on any atom is -0.343 e. The van der Waals surface area contributed by atoms with E-state index in [0.717, 1.165) is 46.1 Å². The number of aromatic amines is 1. The average Bonchev–Trinajstić information content (AvgIpc) is 3.37. The standard InChI is InChI=1S/C31H38N6O3/c1-31(2,3)19-36-18-25-20(8-9-27-24(25)16-32-34-27)14-22(29(36)39)15-28(38)35-12-10-23(11-13-35)37-17-21-6-4-5-7-26(21)33-30(37)40/h4-9,16,22-23H,10-15,17-19H2,1-3H3,(H,32,34)(H,33,40)/t22-/m0/s1. The van der Waals surface area contributed by atoms with E-state index >= 15 is 0 Å². The molecule has 6 rings (SSSR count). The Labute approximate surface area is 234 Å². The Morgan fingerprint density at radius 2 is 1.80 bits per heavy atom. The van der Waals surface area contributed by atoms with E-state index in [2.05, 4.69) is 42.4 Å². The quantitative estimate of drug-likeness (QED) is 0.505. The molecule has 1 atom stereocenters. The lowest BCUT2D eigenvalue weighted by Crippen LogP contribution is -2.51. The molecule has 1 aromatic heterocycles. The fourth-order valence-electron chi connectivity index (χ4n) is 6.53. The topological polar surface area (TPSA) is 102 Å². The number of carbonyl (C=O) groups excluding carboxylic acids is 3. The highest BCUT2D eigenvalue weighted by molar-refractivity contribution is 5.92. The highest BCUT2D eigenvalue weighted by Gasteiger charge is 2.37. The van der Waals surface area contributed by atoms with Crippen molar-refractivity contribution in [1.82, 2.24) is 24.9 Å². The van der Waals surface area contributed by atoms with Gasteiger partial charge in [-0.15, -0.1) is 0 Å². The fraction of sp³-hybridized carbons (Fsp3) is 0.484. The zero-order chi connectivity index (χ0) is 28.0. The molecule has 0 unspecified atom stereocenters. The van der Waals surface area contributed by atoms with Gasteiger partial charge in [0.15, 0.2) is 0 Å². The maximum Gasteiger partial charge on any atom is 0.322 e. The second kappa shape index (κ2) is 10.3. The van der Waals surface area contributed by atoms with Crippen molar-refractivity contribution < 1.29 is 14.4 Å². The van der Waals surface area contributed by atoms with Gasteiger partial charge in [-0.3, -0.25) is 14.7 Å². The van der Waals surface area contributed by atoms with Crippen molar-refractivity contribution in [2.45, 2.75) is 65.6 Å². The van der Waals surface area contributed by atoms with E-state index in [9.17, 15) is 14.4 Å². The zero-order valence-corrected chi connectivity index (χ0v) is 23.6. The van der Waals surface area contributed by atoms with Gasteiger partial charge in [-0.25, -0.2) is 4.79 Å². The summed E-state index contributed by atoms with van der Waals surface area (Å²) in [5.74, 6) is -0.328. The Morgan fingerprint density at radius 1 is 1.02 bits per heavy atom. The molecule has 4 amide bonds. The minimum atomic E-state index is -0.400. The highest BCUT2D eigenvalue weighted by atomic mass is 16.2. The Balaban J connectivity index is 1.14. The summed E-state index contributed by atoms with van der Waals surface area (Å²) < 4.78 is 0. The molecule has 2 N–H and O–H groups in total. The van der Waals surface area contributed by atoms with Crippen LogP contribution in [0.4, 0.5) is 10.5 Å². The summed E-state index contributed by atoms with van der Waals surface area (Å²) in [5, 5.41) is 11.3. The first-order chi connectivity index (χ1) is 19.2. The number of nitrogens with one attached hydrogen (secondary N) is 2. The number of carbonyl (C=O) groups is 3. The van der Waals surface area contributed by atoms with Crippen LogP contribution in [0.1, 0.15) is 56.7 Å². The third kappa shape index (κ3) is 5.17. The van der Waals surface area contributed by atoms with Gasteiger partial charge >= 0.3 is 6.03 Å². The number of nitrogens with zero attached hydrogens (tertiary/aromatic N) is 4. The summed E-state index contributed by atoms with van der Waals surface area (Å²) in [6.07, 6.45) is 4.05. The monoisotopic (exact) mass is 542 g/mol. The summed E-state index contributed by atoms with van der Waals surface area (Å²) in [7, 11) is 0. The van der Waals surface area contributed by atoms with E-state index in [4.69, 9.17) is 0 Å². The number of para-hydroxylation sites is 1. The summed E-state index contributed by atoms with van der Waals surface area (Å²) in [6.45, 7) is 9.32. The summed E-state index contributed by atoms with van der Waals surface area (Å²) in [5.41, 5.74) is 5.13. The Morgan fingerprint density at radius 3 is 2.58 bits per heavy atom. The number of H-pyrrole nitrogens is 1. The number of rotatable bonds is 4. The van der Waals surface area contributed by atoms with E-state index in [1.54, 1.807) is 0 Å². The molecule has 1 fully saturated rings. The first kappa shape index (κ1) is 26.3. The second-order valence-electron chi connectivity index (χ2n) is 12.7.